The van der Waals surface area contributed by atoms with Gasteiger partial charge in [0.05, 0.1) is 7.11 Å². The third-order valence-electron chi connectivity index (χ3n) is 4.63. The molecule has 1 aliphatic rings. The minimum atomic E-state index is -0.846. The average molecular weight is 284 g/mol. The van der Waals surface area contributed by atoms with Gasteiger partial charge in [-0.1, -0.05) is 13.8 Å². The van der Waals surface area contributed by atoms with E-state index in [1.54, 1.807) is 6.92 Å². The normalized spacial score (nSPS) is 24.2. The first-order valence-corrected chi connectivity index (χ1v) is 7.96. The van der Waals surface area contributed by atoms with Gasteiger partial charge < -0.3 is 15.4 Å². The Bertz CT molecular complexity index is 303. The summed E-state index contributed by atoms with van der Waals surface area (Å²) in [5.41, 5.74) is 5.14. The standard InChI is InChI=1S/C16H32N2O2/c1-13(2)14-7-5-10-18(12-8-14)11-6-9-16(3,17)15(19)20-4/h13-14H,5-12,17H2,1-4H3. The molecule has 118 valence electrons. The number of carbonyl (C=O) groups excluding carboxylic acids is 1. The number of likely N-dealkylation sites (tertiary alicyclic amines) is 1. The highest BCUT2D eigenvalue weighted by atomic mass is 16.5. The molecule has 2 atom stereocenters. The van der Waals surface area contributed by atoms with Crippen molar-refractivity contribution in [1.29, 1.82) is 0 Å². The van der Waals surface area contributed by atoms with Crippen LogP contribution in [0.25, 0.3) is 0 Å². The summed E-state index contributed by atoms with van der Waals surface area (Å²) in [5.74, 6) is 1.35. The molecule has 0 radical (unpaired) electrons. The van der Waals surface area contributed by atoms with E-state index in [9.17, 15) is 4.79 Å². The molecule has 4 heteroatoms. The predicted octanol–water partition coefficient (Wildman–Crippen LogP) is 2.42. The molecule has 0 aliphatic carbocycles. The van der Waals surface area contributed by atoms with Gasteiger partial charge in [0.2, 0.25) is 0 Å². The monoisotopic (exact) mass is 284 g/mol. The summed E-state index contributed by atoms with van der Waals surface area (Å²) in [4.78, 5) is 14.1. The summed E-state index contributed by atoms with van der Waals surface area (Å²) in [6, 6.07) is 0. The molecule has 0 spiro atoms. The second-order valence-corrected chi connectivity index (χ2v) is 6.79. The molecular formula is C16H32N2O2. The Labute approximate surface area is 124 Å². The van der Waals surface area contributed by atoms with Gasteiger partial charge in [-0.15, -0.1) is 0 Å². The number of methoxy groups -OCH3 is 1. The maximum atomic E-state index is 11.5. The Morgan fingerprint density at radius 3 is 2.70 bits per heavy atom. The van der Waals surface area contributed by atoms with Crippen molar-refractivity contribution in [3.05, 3.63) is 0 Å². The maximum absolute atomic E-state index is 11.5. The van der Waals surface area contributed by atoms with Crippen LogP contribution in [0.2, 0.25) is 0 Å². The minimum absolute atomic E-state index is 0.312. The van der Waals surface area contributed by atoms with Crippen molar-refractivity contribution in [2.45, 2.75) is 58.4 Å². The summed E-state index contributed by atoms with van der Waals surface area (Å²) in [6.07, 6.45) is 5.58. The van der Waals surface area contributed by atoms with E-state index in [2.05, 4.69) is 18.7 Å². The largest absolute Gasteiger partial charge is 0.468 e. The van der Waals surface area contributed by atoms with Gasteiger partial charge >= 0.3 is 5.97 Å². The van der Waals surface area contributed by atoms with Crippen LogP contribution in [0.15, 0.2) is 0 Å². The topological polar surface area (TPSA) is 55.6 Å². The van der Waals surface area contributed by atoms with Gasteiger partial charge in [-0.2, -0.15) is 0 Å². The van der Waals surface area contributed by atoms with Crippen molar-refractivity contribution in [1.82, 2.24) is 4.90 Å². The number of ether oxygens (including phenoxy) is 1. The van der Waals surface area contributed by atoms with Crippen molar-refractivity contribution in [3.63, 3.8) is 0 Å². The van der Waals surface area contributed by atoms with Crippen LogP contribution in [0.4, 0.5) is 0 Å². The fourth-order valence-electron chi connectivity index (χ4n) is 3.08. The number of carbonyl (C=O) groups is 1. The molecule has 1 rings (SSSR count). The van der Waals surface area contributed by atoms with Crippen LogP contribution < -0.4 is 5.73 Å². The molecule has 1 saturated heterocycles. The van der Waals surface area contributed by atoms with E-state index in [1.807, 2.05) is 0 Å². The highest BCUT2D eigenvalue weighted by molar-refractivity contribution is 5.79. The van der Waals surface area contributed by atoms with E-state index in [0.717, 1.165) is 24.8 Å². The Balaban J connectivity index is 2.30. The lowest BCUT2D eigenvalue weighted by atomic mass is 9.89. The minimum Gasteiger partial charge on any atom is -0.468 e. The number of nitrogens with zero attached hydrogens (tertiary/aromatic N) is 1. The second-order valence-electron chi connectivity index (χ2n) is 6.79. The lowest BCUT2D eigenvalue weighted by molar-refractivity contribution is -0.146. The molecule has 0 amide bonds. The Morgan fingerprint density at radius 1 is 1.40 bits per heavy atom. The zero-order valence-corrected chi connectivity index (χ0v) is 13.7. The van der Waals surface area contributed by atoms with Crippen LogP contribution in [0.1, 0.15) is 52.9 Å². The Morgan fingerprint density at radius 2 is 2.10 bits per heavy atom. The van der Waals surface area contributed by atoms with E-state index in [-0.39, 0.29) is 5.97 Å². The van der Waals surface area contributed by atoms with Gasteiger partial charge in [0.25, 0.3) is 0 Å². The van der Waals surface area contributed by atoms with Gasteiger partial charge in [0, 0.05) is 0 Å². The van der Waals surface area contributed by atoms with Gasteiger partial charge in [0.1, 0.15) is 5.54 Å². The molecular weight excluding hydrogens is 252 g/mol. The molecule has 0 aromatic heterocycles. The average Bonchev–Trinajstić information content (AvgIpc) is 2.63. The highest BCUT2D eigenvalue weighted by Gasteiger charge is 2.29. The molecule has 0 aromatic carbocycles. The molecule has 2 unspecified atom stereocenters. The Kier molecular flexibility index (Phi) is 6.96. The molecule has 20 heavy (non-hydrogen) atoms. The first kappa shape index (κ1) is 17.4. The van der Waals surface area contributed by atoms with E-state index in [0.29, 0.717) is 6.42 Å². The lowest BCUT2D eigenvalue weighted by Gasteiger charge is -2.25. The summed E-state index contributed by atoms with van der Waals surface area (Å²) in [7, 11) is 1.40. The van der Waals surface area contributed by atoms with Gasteiger partial charge in [-0.05, 0) is 70.5 Å². The number of rotatable bonds is 6. The van der Waals surface area contributed by atoms with Crippen LogP contribution >= 0.6 is 0 Å². The zero-order chi connectivity index (χ0) is 15.2. The summed E-state index contributed by atoms with van der Waals surface area (Å²) < 4.78 is 4.74. The number of hydrogen-bond donors (Lipinski definition) is 1. The first-order chi connectivity index (χ1) is 9.36. The van der Waals surface area contributed by atoms with Crippen LogP contribution in [-0.2, 0) is 9.53 Å². The van der Waals surface area contributed by atoms with Crippen molar-refractivity contribution < 1.29 is 9.53 Å². The van der Waals surface area contributed by atoms with Crippen molar-refractivity contribution >= 4 is 5.97 Å². The molecule has 0 bridgehead atoms. The zero-order valence-electron chi connectivity index (χ0n) is 13.7. The van der Waals surface area contributed by atoms with E-state index >= 15 is 0 Å². The summed E-state index contributed by atoms with van der Waals surface area (Å²) >= 11 is 0. The van der Waals surface area contributed by atoms with Crippen molar-refractivity contribution in [2.75, 3.05) is 26.7 Å². The Hall–Kier alpha value is -0.610. The molecule has 4 nitrogen and oxygen atoms in total. The number of nitrogens with two attached hydrogens (primary N) is 1. The fourth-order valence-corrected chi connectivity index (χ4v) is 3.08. The summed E-state index contributed by atoms with van der Waals surface area (Å²) in [5, 5.41) is 0. The van der Waals surface area contributed by atoms with E-state index in [4.69, 9.17) is 10.5 Å². The number of hydrogen-bond acceptors (Lipinski definition) is 4. The SMILES string of the molecule is COC(=O)C(C)(N)CCCN1CCCC(C(C)C)CC1. The molecule has 1 aliphatic heterocycles. The van der Waals surface area contributed by atoms with Crippen LogP contribution in [0, 0.1) is 11.8 Å². The van der Waals surface area contributed by atoms with Crippen molar-refractivity contribution in [2.24, 2.45) is 17.6 Å². The molecule has 1 fully saturated rings. The fraction of sp³-hybridized carbons (Fsp3) is 0.938. The quantitative estimate of drug-likeness (QED) is 0.761. The summed E-state index contributed by atoms with van der Waals surface area (Å²) in [6.45, 7) is 9.82. The molecule has 0 saturated carbocycles. The van der Waals surface area contributed by atoms with Crippen LogP contribution in [0.3, 0.4) is 0 Å². The van der Waals surface area contributed by atoms with E-state index in [1.165, 1.54) is 39.5 Å². The molecule has 2 N–H and O–H groups in total. The smallest absolute Gasteiger partial charge is 0.325 e. The molecule has 1 heterocycles. The van der Waals surface area contributed by atoms with Crippen molar-refractivity contribution in [3.8, 4) is 0 Å². The second kappa shape index (κ2) is 7.99. The van der Waals surface area contributed by atoms with Gasteiger partial charge in [-0.3, -0.25) is 4.79 Å². The lowest BCUT2D eigenvalue weighted by Crippen LogP contribution is -2.46. The maximum Gasteiger partial charge on any atom is 0.325 e. The highest BCUT2D eigenvalue weighted by Crippen LogP contribution is 2.24. The first-order valence-electron chi connectivity index (χ1n) is 7.96. The third-order valence-corrected chi connectivity index (χ3v) is 4.63. The number of esters is 1. The van der Waals surface area contributed by atoms with Crippen LogP contribution in [-0.4, -0.2) is 43.2 Å². The van der Waals surface area contributed by atoms with Crippen LogP contribution in [0.5, 0.6) is 0 Å². The van der Waals surface area contributed by atoms with Gasteiger partial charge in [0.15, 0.2) is 0 Å². The third kappa shape index (κ3) is 5.41. The van der Waals surface area contributed by atoms with E-state index < -0.39 is 5.54 Å². The molecule has 0 aromatic rings. The van der Waals surface area contributed by atoms with Gasteiger partial charge in [-0.25, -0.2) is 0 Å². The predicted molar refractivity (Wildman–Crippen MR) is 82.5 cm³/mol.